The quantitative estimate of drug-likeness (QED) is 0.161. The lowest BCUT2D eigenvalue weighted by atomic mass is 9.46. The first-order chi connectivity index (χ1) is 15.7. The lowest BCUT2D eigenvalue weighted by molar-refractivity contribution is -0.159. The van der Waals surface area contributed by atoms with Crippen molar-refractivity contribution >= 4 is 5.97 Å². The maximum absolute atomic E-state index is 12.7. The van der Waals surface area contributed by atoms with E-state index in [4.69, 9.17) is 0 Å². The lowest BCUT2D eigenvalue weighted by Crippen LogP contribution is -2.52. The number of aliphatic carboxylic acids is 1. The summed E-state index contributed by atoms with van der Waals surface area (Å²) >= 11 is 0. The molecule has 0 saturated heterocycles. The number of hydrogen-bond acceptors (Lipinski definition) is 1. The average molecular weight is 467 g/mol. The second-order valence-electron chi connectivity index (χ2n) is 11.7. The van der Waals surface area contributed by atoms with E-state index in [1.165, 1.54) is 70.6 Å². The standard InChI is InChI=1S/C31H62O2/c1-9-13-22-30(23-14-10-2,27(7)21-19-17-18-20-26(5)6)31(24-15-11-3,25-16-12-4)28(8)29(32)33/h26-28H,9-25H2,1-8H3,(H,32,33)/t27?,28-/m1/s1. The maximum Gasteiger partial charge on any atom is 0.306 e. The predicted molar refractivity (Wildman–Crippen MR) is 147 cm³/mol. The second-order valence-corrected chi connectivity index (χ2v) is 11.7. The lowest BCUT2D eigenvalue weighted by Gasteiger charge is -2.58. The van der Waals surface area contributed by atoms with Crippen LogP contribution in [0, 0.1) is 28.6 Å². The average Bonchev–Trinajstić information content (AvgIpc) is 2.79. The van der Waals surface area contributed by atoms with Crippen LogP contribution in [0.4, 0.5) is 0 Å². The molecule has 0 rings (SSSR count). The van der Waals surface area contributed by atoms with Gasteiger partial charge in [-0.1, -0.05) is 139 Å². The molecule has 33 heavy (non-hydrogen) atoms. The van der Waals surface area contributed by atoms with Crippen LogP contribution in [-0.4, -0.2) is 11.1 Å². The third-order valence-electron chi connectivity index (χ3n) is 8.96. The fourth-order valence-electron chi connectivity index (χ4n) is 6.75. The number of hydrogen-bond donors (Lipinski definition) is 1. The van der Waals surface area contributed by atoms with Crippen LogP contribution in [0.2, 0.25) is 0 Å². The van der Waals surface area contributed by atoms with Crippen LogP contribution in [-0.2, 0) is 4.79 Å². The molecule has 0 radical (unpaired) electrons. The molecule has 2 nitrogen and oxygen atoms in total. The molecule has 0 amide bonds. The highest BCUT2D eigenvalue weighted by atomic mass is 16.4. The van der Waals surface area contributed by atoms with Gasteiger partial charge in [-0.3, -0.25) is 4.79 Å². The first-order valence-corrected chi connectivity index (χ1v) is 14.9. The number of carboxylic acid groups (broad SMARTS) is 1. The number of carboxylic acids is 1. The van der Waals surface area contributed by atoms with E-state index in [1.807, 2.05) is 0 Å². The van der Waals surface area contributed by atoms with Gasteiger partial charge in [0.15, 0.2) is 0 Å². The van der Waals surface area contributed by atoms with Gasteiger partial charge >= 0.3 is 5.97 Å². The van der Waals surface area contributed by atoms with E-state index in [1.54, 1.807) is 0 Å². The number of unbranched alkanes of at least 4 members (excludes halogenated alkanes) is 6. The first-order valence-electron chi connectivity index (χ1n) is 14.9. The molecule has 0 bridgehead atoms. The Balaban J connectivity index is 6.36. The van der Waals surface area contributed by atoms with E-state index in [-0.39, 0.29) is 16.7 Å². The molecule has 2 heteroatoms. The molecule has 0 saturated carbocycles. The highest BCUT2D eigenvalue weighted by molar-refractivity contribution is 5.70. The monoisotopic (exact) mass is 466 g/mol. The molecule has 0 heterocycles. The Bertz CT molecular complexity index is 465. The Morgan fingerprint density at radius 2 is 1.00 bits per heavy atom. The largest absolute Gasteiger partial charge is 0.481 e. The van der Waals surface area contributed by atoms with Crippen molar-refractivity contribution in [3.05, 3.63) is 0 Å². The number of carbonyl (C=O) groups is 1. The smallest absolute Gasteiger partial charge is 0.306 e. The second kappa shape index (κ2) is 17.8. The van der Waals surface area contributed by atoms with Gasteiger partial charge in [0.05, 0.1) is 5.92 Å². The predicted octanol–water partition coefficient (Wildman–Crippen LogP) is 10.7. The van der Waals surface area contributed by atoms with Crippen molar-refractivity contribution in [1.82, 2.24) is 0 Å². The van der Waals surface area contributed by atoms with E-state index in [9.17, 15) is 9.90 Å². The molecule has 0 aromatic rings. The minimum absolute atomic E-state index is 0.0907. The maximum atomic E-state index is 12.7. The van der Waals surface area contributed by atoms with Crippen molar-refractivity contribution in [2.45, 2.75) is 165 Å². The molecule has 0 aliphatic rings. The van der Waals surface area contributed by atoms with E-state index < -0.39 is 5.97 Å². The summed E-state index contributed by atoms with van der Waals surface area (Å²) in [5.41, 5.74) is 0.0474. The van der Waals surface area contributed by atoms with Crippen molar-refractivity contribution in [2.24, 2.45) is 28.6 Å². The Morgan fingerprint density at radius 3 is 1.36 bits per heavy atom. The summed E-state index contributed by atoms with van der Waals surface area (Å²) in [6.45, 7) is 18.4. The molecule has 0 aliphatic heterocycles. The summed E-state index contributed by atoms with van der Waals surface area (Å²) in [5.74, 6) is 0.546. The van der Waals surface area contributed by atoms with Crippen molar-refractivity contribution < 1.29 is 9.90 Å². The van der Waals surface area contributed by atoms with Crippen LogP contribution in [0.5, 0.6) is 0 Å². The van der Waals surface area contributed by atoms with Crippen molar-refractivity contribution in [3.63, 3.8) is 0 Å². The van der Waals surface area contributed by atoms with E-state index >= 15 is 0 Å². The van der Waals surface area contributed by atoms with E-state index in [0.717, 1.165) is 44.4 Å². The van der Waals surface area contributed by atoms with E-state index in [0.29, 0.717) is 5.92 Å². The molecule has 0 aliphatic carbocycles. The first kappa shape index (κ1) is 32.5. The van der Waals surface area contributed by atoms with Gasteiger partial charge < -0.3 is 5.11 Å². The van der Waals surface area contributed by atoms with Crippen LogP contribution in [0.1, 0.15) is 165 Å². The van der Waals surface area contributed by atoms with Gasteiger partial charge in [0.1, 0.15) is 0 Å². The highest BCUT2D eigenvalue weighted by Gasteiger charge is 2.56. The zero-order valence-corrected chi connectivity index (χ0v) is 24.1. The van der Waals surface area contributed by atoms with Gasteiger partial charge in [0.2, 0.25) is 0 Å². The van der Waals surface area contributed by atoms with Gasteiger partial charge in [0, 0.05) is 0 Å². The van der Waals surface area contributed by atoms with Crippen LogP contribution in [0.25, 0.3) is 0 Å². The van der Waals surface area contributed by atoms with Gasteiger partial charge in [0.25, 0.3) is 0 Å². The molecular formula is C31H62O2. The topological polar surface area (TPSA) is 37.3 Å². The number of rotatable bonds is 22. The summed E-state index contributed by atoms with van der Waals surface area (Å²) in [7, 11) is 0. The van der Waals surface area contributed by atoms with Crippen LogP contribution in [0.3, 0.4) is 0 Å². The molecular weight excluding hydrogens is 404 g/mol. The zero-order valence-electron chi connectivity index (χ0n) is 24.1. The Morgan fingerprint density at radius 1 is 0.606 bits per heavy atom. The summed E-state index contributed by atoms with van der Waals surface area (Å²) in [6, 6.07) is 0. The summed E-state index contributed by atoms with van der Waals surface area (Å²) in [4.78, 5) is 12.7. The molecule has 198 valence electrons. The van der Waals surface area contributed by atoms with Gasteiger partial charge in [-0.15, -0.1) is 0 Å². The minimum atomic E-state index is -0.566. The fourth-order valence-corrected chi connectivity index (χ4v) is 6.75. The third-order valence-corrected chi connectivity index (χ3v) is 8.96. The molecule has 1 N–H and O–H groups in total. The summed E-state index contributed by atoms with van der Waals surface area (Å²) in [5, 5.41) is 10.4. The zero-order chi connectivity index (χ0) is 25.3. The molecule has 0 fully saturated rings. The Kier molecular flexibility index (Phi) is 17.6. The molecule has 0 aromatic heterocycles. The Labute approximate surface area is 209 Å². The van der Waals surface area contributed by atoms with Gasteiger partial charge in [-0.05, 0) is 48.3 Å². The summed E-state index contributed by atoms with van der Waals surface area (Å²) in [6.07, 6.45) is 20.6. The van der Waals surface area contributed by atoms with Crippen LogP contribution in [0.15, 0.2) is 0 Å². The van der Waals surface area contributed by atoms with Crippen molar-refractivity contribution in [3.8, 4) is 0 Å². The van der Waals surface area contributed by atoms with E-state index in [2.05, 4.69) is 55.4 Å². The van der Waals surface area contributed by atoms with Crippen LogP contribution < -0.4 is 0 Å². The van der Waals surface area contributed by atoms with Crippen LogP contribution >= 0.6 is 0 Å². The molecule has 1 unspecified atom stereocenters. The molecule has 0 spiro atoms. The van der Waals surface area contributed by atoms with Crippen molar-refractivity contribution in [2.75, 3.05) is 0 Å². The van der Waals surface area contributed by atoms with Gasteiger partial charge in [-0.25, -0.2) is 0 Å². The van der Waals surface area contributed by atoms with Crippen molar-refractivity contribution in [1.29, 1.82) is 0 Å². The third kappa shape index (κ3) is 9.93. The minimum Gasteiger partial charge on any atom is -0.481 e. The normalized spacial score (nSPS) is 14.6. The highest BCUT2D eigenvalue weighted by Crippen LogP contribution is 2.62. The molecule has 0 aromatic carbocycles. The SMILES string of the molecule is CCCCC(CCCC)(C(C)CCCCCC(C)C)C(CCCC)(CCCC)[C@H](C)C(=O)O. The fraction of sp³-hybridized carbons (Fsp3) is 0.968. The summed E-state index contributed by atoms with van der Waals surface area (Å²) < 4.78 is 0. The Hall–Kier alpha value is -0.530. The van der Waals surface area contributed by atoms with Gasteiger partial charge in [-0.2, -0.15) is 0 Å². The molecule has 2 atom stereocenters.